The topological polar surface area (TPSA) is 60.0 Å². The number of fused-ring (bicyclic) bond motifs is 6. The fourth-order valence-corrected chi connectivity index (χ4v) is 15.3. The predicted molar refractivity (Wildman–Crippen MR) is 223 cm³/mol. The van der Waals surface area contributed by atoms with Crippen LogP contribution in [0.2, 0.25) is 0 Å². The minimum Gasteiger partial charge on any atom is -0.435 e. The molecular formula is C49H55N7O+2. The molecule has 13 rings (SSSR count). The molecule has 7 atom stereocenters. The van der Waals surface area contributed by atoms with E-state index in [1.165, 1.54) is 102 Å². The summed E-state index contributed by atoms with van der Waals surface area (Å²) < 4.78 is 12.2. The average Bonchev–Trinajstić information content (AvgIpc) is 3.48. The molecule has 3 aromatic heterocycles. The molecule has 9 aliphatic rings. The number of aromatic nitrogens is 4. The highest BCUT2D eigenvalue weighted by Gasteiger charge is 2.85. The summed E-state index contributed by atoms with van der Waals surface area (Å²) in [6.07, 6.45) is 24.5. The first-order valence-corrected chi connectivity index (χ1v) is 22.2. The van der Waals surface area contributed by atoms with Crippen molar-refractivity contribution >= 4 is 27.9 Å². The molecule has 4 aromatic rings. The van der Waals surface area contributed by atoms with E-state index in [2.05, 4.69) is 99.0 Å². The third-order valence-corrected chi connectivity index (χ3v) is 18.1. The summed E-state index contributed by atoms with van der Waals surface area (Å²) in [7, 11) is 2.55. The molecule has 0 amide bonds. The minimum absolute atomic E-state index is 0.0126. The van der Waals surface area contributed by atoms with Crippen molar-refractivity contribution in [1.29, 1.82) is 0 Å². The van der Waals surface area contributed by atoms with Gasteiger partial charge in [-0.1, -0.05) is 44.2 Å². The second-order valence-corrected chi connectivity index (χ2v) is 19.7. The number of nitrogens with zero attached hydrogens (tertiary/aromatic N) is 7. The molecule has 0 N–H and O–H groups in total. The highest BCUT2D eigenvalue weighted by molar-refractivity contribution is 5.92. The second kappa shape index (κ2) is 10.6. The lowest BCUT2D eigenvalue weighted by Crippen LogP contribution is -2.72. The van der Waals surface area contributed by atoms with Crippen LogP contribution in [0.1, 0.15) is 107 Å². The van der Waals surface area contributed by atoms with Gasteiger partial charge in [-0.25, -0.2) is 15.0 Å². The number of hydrogen-bond donors (Lipinski definition) is 0. The lowest BCUT2D eigenvalue weighted by atomic mass is 9.56. The Labute approximate surface area is 336 Å². The van der Waals surface area contributed by atoms with E-state index >= 15 is 0 Å². The Kier molecular flexibility index (Phi) is 6.19. The van der Waals surface area contributed by atoms with Gasteiger partial charge in [-0.15, -0.1) is 0 Å². The minimum atomic E-state index is -0.0126. The molecule has 8 nitrogen and oxygen atoms in total. The summed E-state index contributed by atoms with van der Waals surface area (Å²) in [5.74, 6) is 2.51. The van der Waals surface area contributed by atoms with Gasteiger partial charge < -0.3 is 22.9 Å². The Bertz CT molecular complexity index is 2670. The lowest BCUT2D eigenvalue weighted by molar-refractivity contribution is -0.981. The van der Waals surface area contributed by atoms with E-state index in [4.69, 9.17) is 19.4 Å². The molecule has 1 spiro atoms. The molecule has 57 heavy (non-hydrogen) atoms. The number of aryl methyl sites for hydroxylation is 1. The molecule has 3 fully saturated rings. The molecule has 0 bridgehead atoms. The third kappa shape index (κ3) is 3.58. The summed E-state index contributed by atoms with van der Waals surface area (Å²) in [4.78, 5) is 18.1. The standard InChI is InChI=1S/C49H55N7O/c1-6-47-20-11-23-55(5)25-18-33-32-13-8-9-15-36(32)53(42(33)46(47,55)4)38(27-47)40-29-51-45(57-40)35-14-10-16-37-41(35)34-19-26-56-24-12-21-48(7-2)28-39(44-50-22-17-31(3)52-44)54(37)43(34)49(48,56)30-56/h8-10,13-15,17,22,27-29,37H,6-7,11-12,16,18-21,23-26,30H2,1-5H3/q+2/t37?,46-,47+,48+,49?,55?,56?/m1/s1. The fourth-order valence-electron chi connectivity index (χ4n) is 15.3. The first-order valence-electron chi connectivity index (χ1n) is 22.2. The van der Waals surface area contributed by atoms with Crippen LogP contribution in [0.4, 0.5) is 0 Å². The van der Waals surface area contributed by atoms with Gasteiger partial charge >= 0.3 is 0 Å². The quantitative estimate of drug-likeness (QED) is 0.150. The van der Waals surface area contributed by atoms with Crippen LogP contribution in [0, 0.1) is 17.8 Å². The Hall–Kier alpha value is -4.53. The van der Waals surface area contributed by atoms with E-state index in [0.29, 0.717) is 0 Å². The molecule has 0 radical (unpaired) electrons. The van der Waals surface area contributed by atoms with Gasteiger partial charge in [0.25, 0.3) is 0 Å². The van der Waals surface area contributed by atoms with Crippen LogP contribution in [0.5, 0.6) is 0 Å². The first kappa shape index (κ1) is 33.4. The van der Waals surface area contributed by atoms with E-state index in [-0.39, 0.29) is 27.9 Å². The monoisotopic (exact) mass is 757 g/mol. The number of oxazole rings is 1. The number of para-hydroxylation sites is 1. The van der Waals surface area contributed by atoms with Gasteiger partial charge in [0.15, 0.2) is 17.1 Å². The van der Waals surface area contributed by atoms with Crippen molar-refractivity contribution in [1.82, 2.24) is 24.4 Å². The van der Waals surface area contributed by atoms with E-state index in [9.17, 15) is 0 Å². The van der Waals surface area contributed by atoms with Crippen LogP contribution in [0.3, 0.4) is 0 Å². The molecule has 1 aromatic carbocycles. The Balaban J connectivity index is 1.01. The van der Waals surface area contributed by atoms with Crippen LogP contribution >= 0.6 is 0 Å². The zero-order valence-corrected chi connectivity index (χ0v) is 34.4. The van der Waals surface area contributed by atoms with Gasteiger partial charge in [0.1, 0.15) is 12.1 Å². The maximum atomic E-state index is 7.23. The van der Waals surface area contributed by atoms with Gasteiger partial charge in [-0.3, -0.25) is 0 Å². The largest absolute Gasteiger partial charge is 0.435 e. The van der Waals surface area contributed by atoms with Crippen molar-refractivity contribution in [3.8, 4) is 0 Å². The number of likely N-dealkylation sites (N-methyl/N-ethyl adjacent to an activating group) is 1. The molecule has 8 heteroatoms. The molecule has 290 valence electrons. The molecule has 8 aliphatic heterocycles. The van der Waals surface area contributed by atoms with Crippen molar-refractivity contribution in [2.24, 2.45) is 10.8 Å². The maximum Gasteiger partial charge on any atom is 0.227 e. The van der Waals surface area contributed by atoms with Gasteiger partial charge in [0, 0.05) is 35.7 Å². The Morgan fingerprint density at radius 2 is 1.75 bits per heavy atom. The molecule has 1 aliphatic carbocycles. The number of rotatable bonds is 5. The normalized spacial score (nSPS) is 37.8. The zero-order chi connectivity index (χ0) is 38.3. The van der Waals surface area contributed by atoms with Gasteiger partial charge in [-0.05, 0) is 99.8 Å². The van der Waals surface area contributed by atoms with E-state index < -0.39 is 0 Å². The number of quaternary nitrogens is 2. The number of piperidine rings is 2. The number of benzene rings is 1. The number of allylic oxidation sites excluding steroid dienone is 2. The second-order valence-electron chi connectivity index (χ2n) is 19.7. The van der Waals surface area contributed by atoms with E-state index in [1.54, 1.807) is 16.8 Å². The highest BCUT2D eigenvalue weighted by Crippen LogP contribution is 2.74. The smallest absolute Gasteiger partial charge is 0.227 e. The Morgan fingerprint density at radius 3 is 2.61 bits per heavy atom. The SMILES string of the molecule is CC[C@@]12C=C(c3nccc(C)n3)N3C4=C(CC[N+]5(CCC1)CC425)C1=C(c2ncc(C4=C[C@]5(CC)CCC[N+]6(C)CCc7c(n4c4ccccc74)[C@]56C)o2)C=CCC13. The molecular weight excluding hydrogens is 703 g/mol. The first-order chi connectivity index (χ1) is 27.7. The van der Waals surface area contributed by atoms with Gasteiger partial charge in [-0.2, -0.15) is 0 Å². The fraction of sp³-hybridized carbons (Fsp3) is 0.490. The zero-order valence-electron chi connectivity index (χ0n) is 34.4. The van der Waals surface area contributed by atoms with Crippen molar-refractivity contribution in [2.45, 2.75) is 103 Å². The van der Waals surface area contributed by atoms with Crippen LogP contribution in [0.15, 0.2) is 88.3 Å². The molecule has 4 unspecified atom stereocenters. The highest BCUT2D eigenvalue weighted by atomic mass is 16.4. The molecule has 0 saturated carbocycles. The lowest BCUT2D eigenvalue weighted by Gasteiger charge is -2.64. The summed E-state index contributed by atoms with van der Waals surface area (Å²) >= 11 is 0. The van der Waals surface area contributed by atoms with Crippen molar-refractivity contribution in [3.05, 3.63) is 118 Å². The average molecular weight is 758 g/mol. The van der Waals surface area contributed by atoms with Crippen LogP contribution < -0.4 is 0 Å². The van der Waals surface area contributed by atoms with Gasteiger partial charge in [0.05, 0.1) is 84.6 Å². The summed E-state index contributed by atoms with van der Waals surface area (Å²) in [6.45, 7) is 15.8. The van der Waals surface area contributed by atoms with E-state index in [0.717, 1.165) is 59.8 Å². The summed E-state index contributed by atoms with van der Waals surface area (Å²) in [5.41, 5.74) is 13.8. The van der Waals surface area contributed by atoms with Crippen LogP contribution in [0.25, 0.3) is 27.9 Å². The number of hydrogen-bond acceptors (Lipinski definition) is 5. The summed E-state index contributed by atoms with van der Waals surface area (Å²) in [5, 5.41) is 1.40. The van der Waals surface area contributed by atoms with Crippen molar-refractivity contribution in [2.75, 3.05) is 39.8 Å². The van der Waals surface area contributed by atoms with Crippen LogP contribution in [-0.4, -0.2) is 84.7 Å². The Morgan fingerprint density at radius 1 is 0.930 bits per heavy atom. The molecule has 3 saturated heterocycles. The van der Waals surface area contributed by atoms with Crippen molar-refractivity contribution < 1.29 is 13.4 Å². The third-order valence-electron chi connectivity index (χ3n) is 18.1. The molecule has 11 heterocycles. The predicted octanol–water partition coefficient (Wildman–Crippen LogP) is 8.91. The maximum absolute atomic E-state index is 7.23. The summed E-state index contributed by atoms with van der Waals surface area (Å²) in [6, 6.07) is 11.3. The van der Waals surface area contributed by atoms with Gasteiger partial charge in [0.2, 0.25) is 5.89 Å². The van der Waals surface area contributed by atoms with Crippen molar-refractivity contribution in [3.63, 3.8) is 0 Å². The van der Waals surface area contributed by atoms with E-state index in [1.807, 2.05) is 12.3 Å². The van der Waals surface area contributed by atoms with Crippen LogP contribution in [-0.2, 0) is 12.0 Å².